The molecule has 8 atom stereocenters. The molecule has 4 N–H and O–H groups in total. The van der Waals surface area contributed by atoms with Crippen LogP contribution >= 0.6 is 0 Å². The number of imide groups is 2. The molecule has 3 aliphatic heterocycles. The number of carbonyl (C=O) groups excluding carboxylic acids is 6. The molecule has 1 aromatic carbocycles. The Kier molecular flexibility index (Phi) is 14.5. The van der Waals surface area contributed by atoms with Crippen LogP contribution < -0.4 is 16.0 Å². The summed E-state index contributed by atoms with van der Waals surface area (Å²) in [7, 11) is 0. The number of hydrogen-bond donors (Lipinski definition) is 4. The maximum atomic E-state index is 13.2. The van der Waals surface area contributed by atoms with Crippen LogP contribution in [0.25, 0.3) is 0 Å². The number of allylic oxidation sites excluding steroid dienone is 3. The van der Waals surface area contributed by atoms with E-state index in [4.69, 9.17) is 23.7 Å². The molecule has 2 saturated heterocycles. The van der Waals surface area contributed by atoms with E-state index in [2.05, 4.69) is 48.0 Å². The van der Waals surface area contributed by atoms with E-state index in [1.807, 2.05) is 0 Å². The number of anilines is 1. The molecule has 5 aliphatic rings. The molecule has 16 heteroatoms. The van der Waals surface area contributed by atoms with Gasteiger partial charge in [0, 0.05) is 37.5 Å². The van der Waals surface area contributed by atoms with Gasteiger partial charge in [-0.05, 0) is 61.1 Å². The van der Waals surface area contributed by atoms with Crippen LogP contribution in [0.15, 0.2) is 42.0 Å². The molecule has 1 aromatic rings. The van der Waals surface area contributed by atoms with Crippen molar-refractivity contribution in [1.82, 2.24) is 15.5 Å². The van der Waals surface area contributed by atoms with Gasteiger partial charge in [0.15, 0.2) is 0 Å². The van der Waals surface area contributed by atoms with Crippen LogP contribution in [0.4, 0.5) is 10.5 Å². The van der Waals surface area contributed by atoms with E-state index in [0.717, 1.165) is 17.7 Å². The highest BCUT2D eigenvalue weighted by Crippen LogP contribution is 2.45. The molecule has 0 spiro atoms. The van der Waals surface area contributed by atoms with Crippen molar-refractivity contribution in [2.24, 2.45) is 23.7 Å². The van der Waals surface area contributed by atoms with E-state index in [9.17, 15) is 33.9 Å². The number of ether oxygens (including phenoxy) is 5. The molecule has 0 radical (unpaired) electrons. The third kappa shape index (κ3) is 10.7. The van der Waals surface area contributed by atoms with Crippen LogP contribution in [-0.2, 0) is 38.1 Å². The lowest BCUT2D eigenvalue weighted by molar-refractivity contribution is -0.160. The Morgan fingerprint density at radius 1 is 0.947 bits per heavy atom. The molecule has 0 saturated carbocycles. The van der Waals surface area contributed by atoms with Gasteiger partial charge >= 0.3 is 12.1 Å². The molecule has 1 unspecified atom stereocenters. The Hall–Kier alpha value is -4.64. The van der Waals surface area contributed by atoms with E-state index in [1.165, 1.54) is 5.57 Å². The van der Waals surface area contributed by atoms with E-state index in [-0.39, 0.29) is 85.4 Å². The first-order valence-corrected chi connectivity index (χ1v) is 20.0. The van der Waals surface area contributed by atoms with Gasteiger partial charge in [-0.3, -0.25) is 34.2 Å². The number of benzene rings is 1. The molecule has 0 aromatic heterocycles. The van der Waals surface area contributed by atoms with Crippen molar-refractivity contribution in [2.75, 3.05) is 58.0 Å². The van der Waals surface area contributed by atoms with Crippen molar-refractivity contribution in [3.8, 4) is 0 Å². The highest BCUT2D eigenvalue weighted by molar-refractivity contribution is 6.25. The van der Waals surface area contributed by atoms with Gasteiger partial charge in [-0.25, -0.2) is 4.79 Å². The van der Waals surface area contributed by atoms with Crippen LogP contribution in [0.5, 0.6) is 0 Å². The van der Waals surface area contributed by atoms with Gasteiger partial charge in [0.25, 0.3) is 11.8 Å². The normalized spacial score (nSPS) is 28.3. The number of nitrogens with zero attached hydrogens (tertiary/aromatic N) is 1. The topological polar surface area (TPSA) is 208 Å². The van der Waals surface area contributed by atoms with Crippen molar-refractivity contribution < 1.29 is 57.6 Å². The summed E-state index contributed by atoms with van der Waals surface area (Å²) >= 11 is 0. The Bertz CT molecular complexity index is 1730. The van der Waals surface area contributed by atoms with E-state index < -0.39 is 41.9 Å². The number of rotatable bonds is 18. The maximum absolute atomic E-state index is 13.2. The van der Waals surface area contributed by atoms with Gasteiger partial charge in [-0.15, -0.1) is 0 Å². The molecule has 57 heavy (non-hydrogen) atoms. The minimum absolute atomic E-state index is 0.0342. The molecule has 0 bridgehead atoms. The number of fused-ring (bicyclic) bond motifs is 2. The first-order chi connectivity index (χ1) is 27.5. The smallest absolute Gasteiger partial charge is 0.407 e. The number of amides is 5. The number of piperidine rings is 1. The first kappa shape index (κ1) is 42.0. The minimum atomic E-state index is -1.03. The van der Waals surface area contributed by atoms with E-state index in [0.29, 0.717) is 58.1 Å². The van der Waals surface area contributed by atoms with Crippen molar-refractivity contribution >= 4 is 41.4 Å². The summed E-state index contributed by atoms with van der Waals surface area (Å²) in [4.78, 5) is 75.8. The molecule has 5 amide bonds. The summed E-state index contributed by atoms with van der Waals surface area (Å²) in [6.45, 7) is 6.84. The van der Waals surface area contributed by atoms with Gasteiger partial charge in [0.05, 0.1) is 63.3 Å². The fourth-order valence-electron chi connectivity index (χ4n) is 8.50. The summed E-state index contributed by atoms with van der Waals surface area (Å²) in [6, 6.07) is 3.86. The second kappa shape index (κ2) is 19.7. The summed E-state index contributed by atoms with van der Waals surface area (Å²) in [5, 5.41) is 18.2. The lowest BCUT2D eigenvalue weighted by Gasteiger charge is -2.43. The number of carbonyl (C=O) groups is 6. The molecular formula is C41H54N4O12. The second-order valence-corrected chi connectivity index (χ2v) is 15.4. The Morgan fingerprint density at radius 3 is 2.42 bits per heavy atom. The zero-order valence-corrected chi connectivity index (χ0v) is 32.6. The largest absolute Gasteiger partial charge is 0.462 e. The third-order valence-electron chi connectivity index (χ3n) is 11.2. The average molecular weight is 795 g/mol. The molecule has 2 fully saturated rings. The number of aliphatic hydroxyl groups excluding tert-OH is 1. The van der Waals surface area contributed by atoms with Crippen LogP contribution in [-0.4, -0.2) is 123 Å². The fraction of sp³-hybridized carbons (Fsp3) is 0.610. The SMILES string of the molecule is C[C@H]1C=C2C=C[C@H](C)[C@H](CC[C@@H]3C[C@@H](O)CC(=O)O3)[C@H]2[C@@H](OC(=O)NCCOCCOCCOCCNc2cccc3c2C(=O)N(C2CCC(=O)NC2=O)C3=O)C1. The zero-order chi connectivity index (χ0) is 40.5. The second-order valence-electron chi connectivity index (χ2n) is 15.4. The van der Waals surface area contributed by atoms with Crippen LogP contribution in [0, 0.1) is 23.7 Å². The summed E-state index contributed by atoms with van der Waals surface area (Å²) in [5.41, 5.74) is 2.03. The molecular weight excluding hydrogens is 740 g/mol. The highest BCUT2D eigenvalue weighted by atomic mass is 16.6. The van der Waals surface area contributed by atoms with Gasteiger partial charge in [0.1, 0.15) is 18.2 Å². The van der Waals surface area contributed by atoms with E-state index in [1.54, 1.807) is 18.2 Å². The number of cyclic esters (lactones) is 1. The van der Waals surface area contributed by atoms with Crippen molar-refractivity contribution in [1.29, 1.82) is 0 Å². The van der Waals surface area contributed by atoms with E-state index >= 15 is 0 Å². The fourth-order valence-corrected chi connectivity index (χ4v) is 8.50. The minimum Gasteiger partial charge on any atom is -0.462 e. The number of aliphatic hydroxyl groups is 1. The molecule has 2 aliphatic carbocycles. The predicted molar refractivity (Wildman–Crippen MR) is 204 cm³/mol. The summed E-state index contributed by atoms with van der Waals surface area (Å²) < 4.78 is 28.3. The highest BCUT2D eigenvalue weighted by Gasteiger charge is 2.46. The van der Waals surface area contributed by atoms with Gasteiger partial charge in [0.2, 0.25) is 11.8 Å². The summed E-state index contributed by atoms with van der Waals surface area (Å²) in [5.74, 6) is -1.84. The molecule has 6 rings (SSSR count). The monoisotopic (exact) mass is 794 g/mol. The lowest BCUT2D eigenvalue weighted by atomic mass is 9.65. The first-order valence-electron chi connectivity index (χ1n) is 20.0. The molecule has 3 heterocycles. The lowest BCUT2D eigenvalue weighted by Crippen LogP contribution is -2.54. The number of nitrogens with one attached hydrogen (secondary N) is 3. The van der Waals surface area contributed by atoms with Crippen molar-refractivity contribution in [3.05, 3.63) is 53.1 Å². The third-order valence-corrected chi connectivity index (χ3v) is 11.2. The Labute approximate surface area is 332 Å². The van der Waals surface area contributed by atoms with Crippen molar-refractivity contribution in [3.63, 3.8) is 0 Å². The number of hydrogen-bond acceptors (Lipinski definition) is 13. The Morgan fingerprint density at radius 2 is 1.68 bits per heavy atom. The van der Waals surface area contributed by atoms with Gasteiger partial charge in [-0.1, -0.05) is 38.1 Å². The molecule has 310 valence electrons. The zero-order valence-electron chi connectivity index (χ0n) is 32.6. The van der Waals surface area contributed by atoms with Gasteiger partial charge < -0.3 is 39.4 Å². The van der Waals surface area contributed by atoms with Crippen LogP contribution in [0.1, 0.15) is 79.5 Å². The number of esters is 1. The quantitative estimate of drug-likeness (QED) is 0.0959. The van der Waals surface area contributed by atoms with Crippen molar-refractivity contribution in [2.45, 2.75) is 83.1 Å². The Balaban J connectivity index is 0.823. The number of alkyl carbamates (subject to hydrolysis) is 1. The van der Waals surface area contributed by atoms with Crippen LogP contribution in [0.2, 0.25) is 0 Å². The summed E-state index contributed by atoms with van der Waals surface area (Å²) in [6.07, 6.45) is 7.64. The average Bonchev–Trinajstić information content (AvgIpc) is 3.41. The van der Waals surface area contributed by atoms with Gasteiger partial charge in [-0.2, -0.15) is 0 Å². The van der Waals surface area contributed by atoms with Crippen LogP contribution in [0.3, 0.4) is 0 Å². The standard InChI is InChI=1S/C41H54N4O12/c1-24-20-26-7-6-25(2)29(9-8-28-22-27(46)23-35(48)56-28)36(26)33(21-24)57-41(52)43-13-15-54-17-19-55-18-16-53-14-12-42-31-5-3-4-30-37(31)40(51)45(39(30)50)32-10-11-34(47)44-38(32)49/h3-7,20,24-25,27-29,32-33,36,42,46H,8-19,21-23H2,1-2H3,(H,43,52)(H,44,47,49)/t24-,25-,27+,28+,29-,32?,33-,36-/m0/s1. The maximum Gasteiger partial charge on any atom is 0.407 e. The predicted octanol–water partition coefficient (Wildman–Crippen LogP) is 2.90. The molecule has 16 nitrogen and oxygen atoms in total.